The van der Waals surface area contributed by atoms with Crippen LogP contribution in [0.25, 0.3) is 0 Å². The maximum Gasteiger partial charge on any atom is 0.230 e. The first kappa shape index (κ1) is 24.6. The zero-order valence-corrected chi connectivity index (χ0v) is 19.9. The Morgan fingerprint density at radius 3 is 2.58 bits per heavy atom. The lowest BCUT2D eigenvalue weighted by Gasteiger charge is -2.14. The van der Waals surface area contributed by atoms with Gasteiger partial charge in [-0.15, -0.1) is 6.42 Å². The molecule has 0 bridgehead atoms. The third kappa shape index (κ3) is 8.78. The number of halogens is 1. The van der Waals surface area contributed by atoms with Gasteiger partial charge in [-0.3, -0.25) is 0 Å². The van der Waals surface area contributed by atoms with Crippen LogP contribution in [-0.4, -0.2) is 42.5 Å². The summed E-state index contributed by atoms with van der Waals surface area (Å²) in [6, 6.07) is 21.5. The molecule has 2 aromatic carbocycles. The Morgan fingerprint density at radius 1 is 1.03 bits per heavy atom. The van der Waals surface area contributed by atoms with Crippen LogP contribution in [-0.2, 0) is 6.42 Å². The number of nitrogens with one attached hydrogen (secondary N) is 2. The van der Waals surface area contributed by atoms with Crippen LogP contribution in [0.1, 0.15) is 12.0 Å². The third-order valence-electron chi connectivity index (χ3n) is 4.72. The first-order valence-corrected chi connectivity index (χ1v) is 11.6. The van der Waals surface area contributed by atoms with E-state index in [0.29, 0.717) is 24.0 Å². The number of aryl methyl sites for hydroxylation is 1. The number of hydrogen-bond acceptors (Lipinski definition) is 6. The van der Waals surface area contributed by atoms with Crippen molar-refractivity contribution in [2.75, 3.05) is 31.6 Å². The number of hydrogen-bond donors (Lipinski definition) is 3. The number of nitrogens with zero attached hydrogens (tertiary/aromatic N) is 1. The average molecular weight is 510 g/mol. The van der Waals surface area contributed by atoms with Crippen LogP contribution in [0.15, 0.2) is 71.2 Å². The summed E-state index contributed by atoms with van der Waals surface area (Å²) < 4.78 is 11.8. The molecule has 0 aliphatic heterocycles. The Kier molecular flexibility index (Phi) is 10.0. The van der Waals surface area contributed by atoms with Crippen LogP contribution in [0.5, 0.6) is 11.6 Å². The lowest BCUT2D eigenvalue weighted by Crippen LogP contribution is -2.32. The van der Waals surface area contributed by atoms with Crippen molar-refractivity contribution in [3.8, 4) is 24.0 Å². The molecule has 1 heterocycles. The fourth-order valence-corrected chi connectivity index (χ4v) is 3.40. The van der Waals surface area contributed by atoms with Crippen molar-refractivity contribution in [1.29, 1.82) is 0 Å². The summed E-state index contributed by atoms with van der Waals surface area (Å²) in [7, 11) is 0. The van der Waals surface area contributed by atoms with Gasteiger partial charge in [-0.2, -0.15) is 4.98 Å². The Hall–Kier alpha value is -3.05. The van der Waals surface area contributed by atoms with E-state index in [-0.39, 0.29) is 13.2 Å². The van der Waals surface area contributed by atoms with Crippen LogP contribution in [0.3, 0.4) is 0 Å². The van der Waals surface area contributed by atoms with Crippen LogP contribution in [0.4, 0.5) is 11.5 Å². The van der Waals surface area contributed by atoms with Gasteiger partial charge in [0, 0.05) is 12.2 Å². The average Bonchev–Trinajstić information content (AvgIpc) is 2.84. The second kappa shape index (κ2) is 13.5. The molecule has 0 amide bonds. The van der Waals surface area contributed by atoms with Crippen molar-refractivity contribution in [2.45, 2.75) is 18.9 Å². The lowest BCUT2D eigenvalue weighted by molar-refractivity contribution is 0.106. The molecule has 0 aliphatic carbocycles. The quantitative estimate of drug-likeness (QED) is 0.231. The van der Waals surface area contributed by atoms with E-state index in [9.17, 15) is 5.11 Å². The monoisotopic (exact) mass is 509 g/mol. The molecule has 1 unspecified atom stereocenters. The Labute approximate surface area is 203 Å². The molecule has 0 saturated heterocycles. The van der Waals surface area contributed by atoms with E-state index in [4.69, 9.17) is 15.9 Å². The summed E-state index contributed by atoms with van der Waals surface area (Å²) in [5.74, 6) is 4.17. The van der Waals surface area contributed by atoms with E-state index in [0.717, 1.165) is 29.5 Å². The summed E-state index contributed by atoms with van der Waals surface area (Å²) in [4.78, 5) is 4.40. The standard InChI is InChI=1S/C26H28BrN3O3/c1-2-17-32-26-24(27)14-15-25(30-26)29-21-10-12-23(13-11-21)33-19-22(31)18-28-16-6-9-20-7-4-3-5-8-20/h1,3-5,7-8,10-15,22,28,31H,6,9,16-19H2,(H,29,30). The normalized spacial score (nSPS) is 11.4. The Balaban J connectivity index is 1.36. The van der Waals surface area contributed by atoms with Crippen molar-refractivity contribution in [3.05, 3.63) is 76.8 Å². The molecule has 0 radical (unpaired) electrons. The molecule has 3 N–H and O–H groups in total. The van der Waals surface area contributed by atoms with Crippen molar-refractivity contribution in [1.82, 2.24) is 10.3 Å². The number of aliphatic hydroxyl groups excluding tert-OH is 1. The molecular weight excluding hydrogens is 482 g/mol. The minimum atomic E-state index is -0.576. The first-order chi connectivity index (χ1) is 16.1. The van der Waals surface area contributed by atoms with E-state index in [2.05, 4.69) is 61.7 Å². The van der Waals surface area contributed by atoms with Gasteiger partial charge in [-0.05, 0) is 77.3 Å². The molecule has 0 saturated carbocycles. The number of benzene rings is 2. The molecular formula is C26H28BrN3O3. The van der Waals surface area contributed by atoms with Gasteiger partial charge in [0.05, 0.1) is 4.47 Å². The summed E-state index contributed by atoms with van der Waals surface area (Å²) >= 11 is 3.39. The third-order valence-corrected chi connectivity index (χ3v) is 5.32. The van der Waals surface area contributed by atoms with Gasteiger partial charge in [0.25, 0.3) is 0 Å². The molecule has 3 rings (SSSR count). The van der Waals surface area contributed by atoms with Crippen molar-refractivity contribution < 1.29 is 14.6 Å². The number of aromatic nitrogens is 1. The second-order valence-electron chi connectivity index (χ2n) is 7.38. The fourth-order valence-electron chi connectivity index (χ4n) is 3.07. The molecule has 0 spiro atoms. The zero-order chi connectivity index (χ0) is 23.3. The van der Waals surface area contributed by atoms with Gasteiger partial charge in [0.1, 0.15) is 24.3 Å². The topological polar surface area (TPSA) is 75.6 Å². The number of anilines is 2. The van der Waals surface area contributed by atoms with Gasteiger partial charge in [-0.1, -0.05) is 36.3 Å². The predicted octanol–water partition coefficient (Wildman–Crippen LogP) is 4.56. The maximum absolute atomic E-state index is 10.2. The number of aliphatic hydroxyl groups is 1. The Morgan fingerprint density at radius 2 is 1.82 bits per heavy atom. The van der Waals surface area contributed by atoms with Crippen molar-refractivity contribution in [2.24, 2.45) is 0 Å². The maximum atomic E-state index is 10.2. The minimum Gasteiger partial charge on any atom is -0.491 e. The van der Waals surface area contributed by atoms with Gasteiger partial charge in [-0.25, -0.2) is 0 Å². The summed E-state index contributed by atoms with van der Waals surface area (Å²) in [6.07, 6.45) is 6.71. The summed E-state index contributed by atoms with van der Waals surface area (Å²) in [5.41, 5.74) is 2.18. The van der Waals surface area contributed by atoms with E-state index in [1.807, 2.05) is 42.5 Å². The number of pyridine rings is 1. The van der Waals surface area contributed by atoms with Crippen LogP contribution < -0.4 is 20.1 Å². The SMILES string of the molecule is C#CCOc1nc(Nc2ccc(OCC(O)CNCCCc3ccccc3)cc2)ccc1Br. The molecule has 6 nitrogen and oxygen atoms in total. The van der Waals surface area contributed by atoms with E-state index < -0.39 is 6.10 Å². The van der Waals surface area contributed by atoms with E-state index >= 15 is 0 Å². The van der Waals surface area contributed by atoms with Gasteiger partial charge in [0.2, 0.25) is 5.88 Å². The van der Waals surface area contributed by atoms with Crippen molar-refractivity contribution >= 4 is 27.4 Å². The molecule has 33 heavy (non-hydrogen) atoms. The highest BCUT2D eigenvalue weighted by molar-refractivity contribution is 9.10. The second-order valence-corrected chi connectivity index (χ2v) is 8.24. The largest absolute Gasteiger partial charge is 0.491 e. The highest BCUT2D eigenvalue weighted by Crippen LogP contribution is 2.26. The number of rotatable bonds is 13. The zero-order valence-electron chi connectivity index (χ0n) is 18.3. The smallest absolute Gasteiger partial charge is 0.230 e. The highest BCUT2D eigenvalue weighted by Gasteiger charge is 2.07. The molecule has 7 heteroatoms. The van der Waals surface area contributed by atoms with Crippen LogP contribution in [0.2, 0.25) is 0 Å². The summed E-state index contributed by atoms with van der Waals surface area (Å²) in [6.45, 7) is 1.72. The number of ether oxygens (including phenoxy) is 2. The minimum absolute atomic E-state index is 0.149. The molecule has 172 valence electrons. The molecule has 1 aromatic heterocycles. The van der Waals surface area contributed by atoms with Gasteiger partial charge in [0.15, 0.2) is 6.61 Å². The number of terminal acetylenes is 1. The lowest BCUT2D eigenvalue weighted by atomic mass is 10.1. The van der Waals surface area contributed by atoms with Gasteiger partial charge >= 0.3 is 0 Å². The van der Waals surface area contributed by atoms with E-state index in [1.54, 1.807) is 0 Å². The van der Waals surface area contributed by atoms with Crippen LogP contribution in [0, 0.1) is 12.3 Å². The van der Waals surface area contributed by atoms with Gasteiger partial charge < -0.3 is 25.2 Å². The molecule has 1 atom stereocenters. The summed E-state index contributed by atoms with van der Waals surface area (Å²) in [5, 5.41) is 16.6. The Bertz CT molecular complexity index is 1020. The molecule has 3 aromatic rings. The highest BCUT2D eigenvalue weighted by atomic mass is 79.9. The van der Waals surface area contributed by atoms with E-state index in [1.165, 1.54) is 5.56 Å². The first-order valence-electron chi connectivity index (χ1n) is 10.8. The molecule has 0 aliphatic rings. The van der Waals surface area contributed by atoms with Crippen molar-refractivity contribution in [3.63, 3.8) is 0 Å². The van der Waals surface area contributed by atoms with Crippen LogP contribution >= 0.6 is 15.9 Å². The predicted molar refractivity (Wildman–Crippen MR) is 135 cm³/mol. The molecule has 0 fully saturated rings. The fraction of sp³-hybridized carbons (Fsp3) is 0.269.